The van der Waals surface area contributed by atoms with Crippen LogP contribution in [0, 0.1) is 6.92 Å². The first-order valence-electron chi connectivity index (χ1n) is 3.38. The second kappa shape index (κ2) is 2.64. The van der Waals surface area contributed by atoms with E-state index in [2.05, 4.69) is 15.2 Å². The summed E-state index contributed by atoms with van der Waals surface area (Å²) in [5.41, 5.74) is 2.10. The van der Waals surface area contributed by atoms with Gasteiger partial charge in [-0.3, -0.25) is 5.10 Å². The Balaban J connectivity index is 2.55. The molecule has 5 heteroatoms. The molecule has 0 unspecified atom stereocenters. The van der Waals surface area contributed by atoms with Crippen LogP contribution in [0.25, 0.3) is 11.4 Å². The molecule has 0 fully saturated rings. The van der Waals surface area contributed by atoms with Crippen molar-refractivity contribution in [3.05, 3.63) is 23.4 Å². The molecule has 0 aromatic carbocycles. The molecule has 0 aliphatic carbocycles. The Morgan fingerprint density at radius 1 is 1.58 bits per heavy atom. The molecule has 0 radical (unpaired) electrons. The molecular formula is C7H6ClN3O. The van der Waals surface area contributed by atoms with Gasteiger partial charge in [0.2, 0.25) is 0 Å². The molecule has 2 heterocycles. The van der Waals surface area contributed by atoms with Crippen LogP contribution in [0.4, 0.5) is 0 Å². The summed E-state index contributed by atoms with van der Waals surface area (Å²) in [6.45, 7) is 1.85. The first-order valence-corrected chi connectivity index (χ1v) is 3.76. The lowest BCUT2D eigenvalue weighted by Gasteiger charge is -1.87. The minimum absolute atomic E-state index is 0.587. The molecule has 4 nitrogen and oxygen atoms in total. The molecule has 2 aromatic heterocycles. The van der Waals surface area contributed by atoms with Crippen LogP contribution in [-0.4, -0.2) is 15.2 Å². The van der Waals surface area contributed by atoms with Gasteiger partial charge in [0.15, 0.2) is 6.39 Å². The summed E-state index contributed by atoms with van der Waals surface area (Å²) in [6, 6.07) is 0. The maximum Gasteiger partial charge on any atom is 0.181 e. The highest BCUT2D eigenvalue weighted by Crippen LogP contribution is 2.26. The van der Waals surface area contributed by atoms with Gasteiger partial charge in [0.05, 0.1) is 10.7 Å². The van der Waals surface area contributed by atoms with E-state index < -0.39 is 0 Å². The summed E-state index contributed by atoms with van der Waals surface area (Å²) in [4.78, 5) is 3.93. The number of hydrogen-bond acceptors (Lipinski definition) is 3. The Hall–Kier alpha value is -1.29. The fourth-order valence-electron chi connectivity index (χ4n) is 0.915. The third-order valence-electron chi connectivity index (χ3n) is 1.55. The van der Waals surface area contributed by atoms with Gasteiger partial charge in [-0.05, 0) is 6.92 Å². The van der Waals surface area contributed by atoms with E-state index in [0.717, 1.165) is 5.69 Å². The maximum absolute atomic E-state index is 5.92. The van der Waals surface area contributed by atoms with Crippen molar-refractivity contribution in [2.75, 3.05) is 0 Å². The highest BCUT2D eigenvalue weighted by molar-refractivity contribution is 6.33. The van der Waals surface area contributed by atoms with E-state index in [0.29, 0.717) is 16.4 Å². The Morgan fingerprint density at radius 3 is 2.92 bits per heavy atom. The van der Waals surface area contributed by atoms with E-state index >= 15 is 0 Å². The highest BCUT2D eigenvalue weighted by Gasteiger charge is 2.11. The molecule has 0 spiro atoms. The van der Waals surface area contributed by atoms with E-state index in [1.54, 1.807) is 0 Å². The first kappa shape index (κ1) is 7.36. The molecule has 0 saturated heterocycles. The van der Waals surface area contributed by atoms with Gasteiger partial charge >= 0.3 is 0 Å². The molecule has 0 aliphatic heterocycles. The first-order chi connectivity index (χ1) is 5.79. The maximum atomic E-state index is 5.92. The number of oxazole rings is 1. The average Bonchev–Trinajstić information content (AvgIpc) is 2.64. The molecule has 0 amide bonds. The summed E-state index contributed by atoms with van der Waals surface area (Å²) >= 11 is 5.92. The summed E-state index contributed by atoms with van der Waals surface area (Å²) in [6.07, 6.45) is 2.84. The molecule has 2 rings (SSSR count). The van der Waals surface area contributed by atoms with Crippen molar-refractivity contribution in [2.45, 2.75) is 6.92 Å². The zero-order chi connectivity index (χ0) is 8.55. The summed E-state index contributed by atoms with van der Waals surface area (Å²) < 4.78 is 4.81. The number of hydrogen-bond donors (Lipinski definition) is 1. The van der Waals surface area contributed by atoms with Crippen molar-refractivity contribution in [2.24, 2.45) is 0 Å². The molecule has 0 atom stereocenters. The minimum Gasteiger partial charge on any atom is -0.451 e. The molecule has 62 valence electrons. The fourth-order valence-corrected chi connectivity index (χ4v) is 1.10. The lowest BCUT2D eigenvalue weighted by Crippen LogP contribution is -1.76. The SMILES string of the molecule is Cc1[nH]nc(-c2cocn2)c1Cl. The number of nitrogens with zero attached hydrogens (tertiary/aromatic N) is 2. The number of aromatic nitrogens is 3. The van der Waals surface area contributed by atoms with Crippen LogP contribution >= 0.6 is 11.6 Å². The molecule has 0 saturated carbocycles. The van der Waals surface area contributed by atoms with Crippen molar-refractivity contribution >= 4 is 11.6 Å². The zero-order valence-corrected chi connectivity index (χ0v) is 7.09. The number of nitrogens with one attached hydrogen (secondary N) is 1. The van der Waals surface area contributed by atoms with E-state index in [4.69, 9.17) is 16.0 Å². The molecular weight excluding hydrogens is 178 g/mol. The van der Waals surface area contributed by atoms with Crippen LogP contribution in [0.3, 0.4) is 0 Å². The van der Waals surface area contributed by atoms with Crippen molar-refractivity contribution < 1.29 is 4.42 Å². The predicted molar refractivity (Wildman–Crippen MR) is 43.8 cm³/mol. The van der Waals surface area contributed by atoms with Crippen LogP contribution in [0.2, 0.25) is 5.02 Å². The van der Waals surface area contributed by atoms with Crippen LogP contribution in [0.1, 0.15) is 5.69 Å². The zero-order valence-electron chi connectivity index (χ0n) is 6.34. The summed E-state index contributed by atoms with van der Waals surface area (Å²) in [5.74, 6) is 0. The number of aromatic amines is 1. The molecule has 12 heavy (non-hydrogen) atoms. The van der Waals surface area contributed by atoms with E-state index in [9.17, 15) is 0 Å². The number of H-pyrrole nitrogens is 1. The average molecular weight is 184 g/mol. The Bertz CT molecular complexity index is 379. The minimum atomic E-state index is 0.587. The summed E-state index contributed by atoms with van der Waals surface area (Å²) in [5, 5.41) is 7.33. The normalized spacial score (nSPS) is 10.5. The van der Waals surface area contributed by atoms with Crippen LogP contribution in [0.5, 0.6) is 0 Å². The predicted octanol–water partition coefficient (Wildman–Crippen LogP) is 2.03. The largest absolute Gasteiger partial charge is 0.451 e. The van der Waals surface area contributed by atoms with Crippen LogP contribution < -0.4 is 0 Å². The molecule has 0 aliphatic rings. The highest BCUT2D eigenvalue weighted by atomic mass is 35.5. The Kier molecular flexibility index (Phi) is 1.62. The third-order valence-corrected chi connectivity index (χ3v) is 2.01. The van der Waals surface area contributed by atoms with Gasteiger partial charge in [0.1, 0.15) is 17.7 Å². The molecule has 1 N–H and O–H groups in total. The smallest absolute Gasteiger partial charge is 0.181 e. The third kappa shape index (κ3) is 1.00. The van der Waals surface area contributed by atoms with Gasteiger partial charge in [-0.15, -0.1) is 0 Å². The fraction of sp³-hybridized carbons (Fsp3) is 0.143. The van der Waals surface area contributed by atoms with Gasteiger partial charge in [-0.25, -0.2) is 4.98 Å². The van der Waals surface area contributed by atoms with Crippen LogP contribution in [0.15, 0.2) is 17.1 Å². The van der Waals surface area contributed by atoms with E-state index in [1.165, 1.54) is 12.7 Å². The summed E-state index contributed by atoms with van der Waals surface area (Å²) in [7, 11) is 0. The quantitative estimate of drug-likeness (QED) is 0.736. The van der Waals surface area contributed by atoms with Gasteiger partial charge < -0.3 is 4.42 Å². The monoisotopic (exact) mass is 183 g/mol. The van der Waals surface area contributed by atoms with Crippen molar-refractivity contribution in [3.8, 4) is 11.4 Å². The molecule has 0 bridgehead atoms. The Morgan fingerprint density at radius 2 is 2.42 bits per heavy atom. The van der Waals surface area contributed by atoms with Gasteiger partial charge in [-0.2, -0.15) is 5.10 Å². The number of rotatable bonds is 1. The van der Waals surface area contributed by atoms with Crippen molar-refractivity contribution in [1.82, 2.24) is 15.2 Å². The lowest BCUT2D eigenvalue weighted by molar-refractivity contribution is 0.558. The standard InChI is InChI=1S/C7H6ClN3O/c1-4-6(8)7(11-10-4)5-2-12-3-9-5/h2-3H,1H3,(H,10,11). The van der Waals surface area contributed by atoms with Crippen molar-refractivity contribution in [3.63, 3.8) is 0 Å². The second-order valence-electron chi connectivity index (χ2n) is 2.38. The van der Waals surface area contributed by atoms with E-state index in [1.807, 2.05) is 6.92 Å². The van der Waals surface area contributed by atoms with Gasteiger partial charge in [0, 0.05) is 0 Å². The van der Waals surface area contributed by atoms with Crippen LogP contribution in [-0.2, 0) is 0 Å². The Labute approximate surface area is 73.6 Å². The van der Waals surface area contributed by atoms with Gasteiger partial charge in [-0.1, -0.05) is 11.6 Å². The molecule has 2 aromatic rings. The number of aryl methyl sites for hydroxylation is 1. The lowest BCUT2D eigenvalue weighted by atomic mass is 10.3. The second-order valence-corrected chi connectivity index (χ2v) is 2.76. The van der Waals surface area contributed by atoms with E-state index in [-0.39, 0.29) is 0 Å². The van der Waals surface area contributed by atoms with Crippen molar-refractivity contribution in [1.29, 1.82) is 0 Å². The topological polar surface area (TPSA) is 54.7 Å². The van der Waals surface area contributed by atoms with Gasteiger partial charge in [0.25, 0.3) is 0 Å². The number of halogens is 1.